The summed E-state index contributed by atoms with van der Waals surface area (Å²) in [5.41, 5.74) is 3.34. The van der Waals surface area contributed by atoms with E-state index in [4.69, 9.17) is 12.2 Å². The third-order valence-electron chi connectivity index (χ3n) is 4.77. The first-order chi connectivity index (χ1) is 13.1. The van der Waals surface area contributed by atoms with Crippen LogP contribution in [-0.2, 0) is 6.67 Å². The quantitative estimate of drug-likeness (QED) is 0.648. The van der Waals surface area contributed by atoms with Crippen LogP contribution < -0.4 is 4.90 Å². The van der Waals surface area contributed by atoms with E-state index in [1.807, 2.05) is 18.3 Å². The molecule has 2 aromatic heterocycles. The maximum absolute atomic E-state index is 5.62. The van der Waals surface area contributed by atoms with Gasteiger partial charge in [-0.3, -0.25) is 4.90 Å². The zero-order chi connectivity index (χ0) is 18.8. The topological polar surface area (TPSA) is 55.0 Å². The van der Waals surface area contributed by atoms with Crippen LogP contribution in [0.15, 0.2) is 42.6 Å². The van der Waals surface area contributed by atoms with Gasteiger partial charge in [0.2, 0.25) is 4.77 Å². The smallest absolute Gasteiger partial charge is 0.221 e. The number of nitrogens with zero attached hydrogens (tertiary/aromatic N) is 7. The van der Waals surface area contributed by atoms with Crippen molar-refractivity contribution in [2.45, 2.75) is 20.5 Å². The van der Waals surface area contributed by atoms with Crippen LogP contribution in [0.25, 0.3) is 5.69 Å². The van der Waals surface area contributed by atoms with Gasteiger partial charge in [-0.1, -0.05) is 12.1 Å². The Morgan fingerprint density at radius 3 is 2.37 bits per heavy atom. The van der Waals surface area contributed by atoms with Crippen molar-refractivity contribution in [3.05, 3.63) is 58.5 Å². The number of benzene rings is 1. The molecule has 3 heterocycles. The molecule has 1 aliphatic heterocycles. The Bertz CT molecular complexity index is 951. The van der Waals surface area contributed by atoms with E-state index in [0.29, 0.717) is 11.4 Å². The second-order valence-corrected chi connectivity index (χ2v) is 7.32. The molecule has 1 fully saturated rings. The van der Waals surface area contributed by atoms with Crippen LogP contribution in [0.1, 0.15) is 11.1 Å². The minimum absolute atomic E-state index is 0.618. The SMILES string of the molecule is Cc1cc(C)cc(-n2nnn(CN3CCN(c4ccccn4)CC3)c2=S)c1. The first-order valence-electron chi connectivity index (χ1n) is 9.10. The average Bonchev–Trinajstić information content (AvgIpc) is 3.03. The molecule has 0 bridgehead atoms. The van der Waals surface area contributed by atoms with Crippen LogP contribution in [0.3, 0.4) is 0 Å². The van der Waals surface area contributed by atoms with Gasteiger partial charge >= 0.3 is 0 Å². The molecular formula is C19H23N7S. The molecule has 4 rings (SSSR count). The molecule has 140 valence electrons. The molecule has 0 unspecified atom stereocenters. The monoisotopic (exact) mass is 381 g/mol. The minimum Gasteiger partial charge on any atom is -0.354 e. The number of tetrazole rings is 1. The van der Waals surface area contributed by atoms with Crippen molar-refractivity contribution in [1.29, 1.82) is 0 Å². The Morgan fingerprint density at radius 2 is 1.70 bits per heavy atom. The molecule has 0 N–H and O–H groups in total. The van der Waals surface area contributed by atoms with Gasteiger partial charge in [0.25, 0.3) is 0 Å². The fourth-order valence-corrected chi connectivity index (χ4v) is 3.68. The standard InChI is InChI=1S/C19H23N7S/c1-15-11-16(2)13-17(12-15)26-19(27)25(21-22-26)14-23-7-9-24(10-8-23)18-5-3-4-6-20-18/h3-6,11-13H,7-10,14H2,1-2H3. The van der Waals surface area contributed by atoms with Crippen LogP contribution in [0.4, 0.5) is 5.82 Å². The zero-order valence-electron chi connectivity index (χ0n) is 15.6. The summed E-state index contributed by atoms with van der Waals surface area (Å²) in [7, 11) is 0. The van der Waals surface area contributed by atoms with Gasteiger partial charge in [-0.25, -0.2) is 9.67 Å². The maximum Gasteiger partial charge on any atom is 0.221 e. The molecule has 0 amide bonds. The summed E-state index contributed by atoms with van der Waals surface area (Å²) >= 11 is 5.62. The Labute approximate surface area is 163 Å². The van der Waals surface area contributed by atoms with Crippen molar-refractivity contribution >= 4 is 18.0 Å². The first-order valence-corrected chi connectivity index (χ1v) is 9.51. The lowest BCUT2D eigenvalue weighted by molar-refractivity contribution is 0.192. The number of hydrogen-bond donors (Lipinski definition) is 0. The van der Waals surface area contributed by atoms with E-state index in [1.54, 1.807) is 9.36 Å². The molecule has 8 heteroatoms. The summed E-state index contributed by atoms with van der Waals surface area (Å²) in [6.07, 6.45) is 1.84. The number of hydrogen-bond acceptors (Lipinski definition) is 6. The lowest BCUT2D eigenvalue weighted by atomic mass is 10.1. The lowest BCUT2D eigenvalue weighted by Gasteiger charge is -2.34. The summed E-state index contributed by atoms with van der Waals surface area (Å²) in [5.74, 6) is 1.04. The van der Waals surface area contributed by atoms with Crippen molar-refractivity contribution in [3.63, 3.8) is 0 Å². The van der Waals surface area contributed by atoms with E-state index in [0.717, 1.165) is 37.7 Å². The molecule has 27 heavy (non-hydrogen) atoms. The van der Waals surface area contributed by atoms with Crippen LogP contribution >= 0.6 is 12.2 Å². The van der Waals surface area contributed by atoms with Gasteiger partial charge in [0.1, 0.15) is 5.82 Å². The van der Waals surface area contributed by atoms with Crippen molar-refractivity contribution in [2.75, 3.05) is 31.1 Å². The van der Waals surface area contributed by atoms with E-state index in [1.165, 1.54) is 11.1 Å². The van der Waals surface area contributed by atoms with Gasteiger partial charge in [-0.15, -0.1) is 0 Å². The molecule has 1 aliphatic rings. The molecule has 1 saturated heterocycles. The molecule has 0 spiro atoms. The van der Waals surface area contributed by atoms with Gasteiger partial charge in [0.05, 0.1) is 12.4 Å². The molecule has 0 radical (unpaired) electrons. The van der Waals surface area contributed by atoms with E-state index < -0.39 is 0 Å². The second-order valence-electron chi connectivity index (χ2n) is 6.95. The Balaban J connectivity index is 1.44. The number of aromatic nitrogens is 5. The molecule has 3 aromatic rings. The average molecular weight is 382 g/mol. The van der Waals surface area contributed by atoms with E-state index in [2.05, 4.69) is 63.3 Å². The zero-order valence-corrected chi connectivity index (χ0v) is 16.4. The minimum atomic E-state index is 0.618. The molecule has 7 nitrogen and oxygen atoms in total. The second kappa shape index (κ2) is 7.58. The normalized spacial score (nSPS) is 15.3. The molecule has 0 aliphatic carbocycles. The highest BCUT2D eigenvalue weighted by molar-refractivity contribution is 7.71. The number of piperazine rings is 1. The van der Waals surface area contributed by atoms with Crippen molar-refractivity contribution in [1.82, 2.24) is 29.7 Å². The summed E-state index contributed by atoms with van der Waals surface area (Å²) in [4.78, 5) is 9.09. The summed E-state index contributed by atoms with van der Waals surface area (Å²) < 4.78 is 4.15. The molecule has 0 atom stereocenters. The third kappa shape index (κ3) is 3.91. The predicted octanol–water partition coefficient (Wildman–Crippen LogP) is 2.59. The number of pyridine rings is 1. The summed E-state index contributed by atoms with van der Waals surface area (Å²) in [5, 5.41) is 8.56. The van der Waals surface area contributed by atoms with E-state index >= 15 is 0 Å². The van der Waals surface area contributed by atoms with Crippen molar-refractivity contribution in [2.24, 2.45) is 0 Å². The van der Waals surface area contributed by atoms with Gasteiger partial charge in [-0.05, 0) is 71.9 Å². The fourth-order valence-electron chi connectivity index (χ4n) is 3.45. The van der Waals surface area contributed by atoms with Crippen LogP contribution in [0, 0.1) is 18.6 Å². The number of rotatable bonds is 4. The van der Waals surface area contributed by atoms with Crippen molar-refractivity contribution < 1.29 is 0 Å². The predicted molar refractivity (Wildman–Crippen MR) is 108 cm³/mol. The fraction of sp³-hybridized carbons (Fsp3) is 0.368. The lowest BCUT2D eigenvalue weighted by Crippen LogP contribution is -2.47. The van der Waals surface area contributed by atoms with Gasteiger partial charge in [-0.2, -0.15) is 4.68 Å². The maximum atomic E-state index is 5.62. The highest BCUT2D eigenvalue weighted by atomic mass is 32.1. The van der Waals surface area contributed by atoms with E-state index in [-0.39, 0.29) is 0 Å². The number of anilines is 1. The van der Waals surface area contributed by atoms with E-state index in [9.17, 15) is 0 Å². The Morgan fingerprint density at radius 1 is 0.963 bits per heavy atom. The third-order valence-corrected chi connectivity index (χ3v) is 5.15. The molecular weight excluding hydrogens is 358 g/mol. The van der Waals surface area contributed by atoms with Crippen LogP contribution in [0.2, 0.25) is 0 Å². The first kappa shape index (κ1) is 17.8. The van der Waals surface area contributed by atoms with Crippen LogP contribution in [-0.4, -0.2) is 55.9 Å². The van der Waals surface area contributed by atoms with Crippen LogP contribution in [0.5, 0.6) is 0 Å². The number of aryl methyl sites for hydroxylation is 2. The van der Waals surface area contributed by atoms with Gasteiger partial charge < -0.3 is 4.90 Å². The van der Waals surface area contributed by atoms with Crippen molar-refractivity contribution in [3.8, 4) is 5.69 Å². The Hall–Kier alpha value is -2.58. The molecule has 1 aromatic carbocycles. The molecule has 0 saturated carbocycles. The Kier molecular flexibility index (Phi) is 5.00. The highest BCUT2D eigenvalue weighted by Gasteiger charge is 2.19. The van der Waals surface area contributed by atoms with Gasteiger partial charge in [0.15, 0.2) is 0 Å². The summed E-state index contributed by atoms with van der Waals surface area (Å²) in [6, 6.07) is 12.3. The highest BCUT2D eigenvalue weighted by Crippen LogP contribution is 2.15. The summed E-state index contributed by atoms with van der Waals surface area (Å²) in [6.45, 7) is 8.56. The largest absolute Gasteiger partial charge is 0.354 e. The van der Waals surface area contributed by atoms with Gasteiger partial charge in [0, 0.05) is 32.4 Å².